The van der Waals surface area contributed by atoms with E-state index < -0.39 is 30.3 Å². The highest BCUT2D eigenvalue weighted by molar-refractivity contribution is 14.1. The number of hydrogen-bond donors (Lipinski definition) is 0. The Kier molecular flexibility index (Phi) is 7.20. The maximum absolute atomic E-state index is 12.7. The van der Waals surface area contributed by atoms with E-state index in [-0.39, 0.29) is 11.3 Å². The van der Waals surface area contributed by atoms with Gasteiger partial charge in [-0.3, -0.25) is 0 Å². The van der Waals surface area contributed by atoms with Crippen molar-refractivity contribution in [2.45, 2.75) is 39.2 Å². The van der Waals surface area contributed by atoms with Gasteiger partial charge in [0.1, 0.15) is 5.60 Å². The van der Waals surface area contributed by atoms with E-state index in [9.17, 15) is 18.4 Å². The van der Waals surface area contributed by atoms with Gasteiger partial charge in [0.25, 0.3) is 5.92 Å². The van der Waals surface area contributed by atoms with Crippen LogP contribution in [0, 0.1) is 7.14 Å². The highest BCUT2D eigenvalue weighted by Gasteiger charge is 2.25. The molecule has 134 valence electrons. The highest BCUT2D eigenvalue weighted by atomic mass is 127. The Balaban J connectivity index is 2.90. The van der Waals surface area contributed by atoms with Crippen LogP contribution in [-0.4, -0.2) is 30.3 Å². The Hall–Kier alpha value is -0.720. The number of rotatable bonds is 4. The summed E-state index contributed by atoms with van der Waals surface area (Å²) in [7, 11) is 0. The molecule has 0 unspecified atom stereocenters. The van der Waals surface area contributed by atoms with E-state index in [0.29, 0.717) is 14.1 Å². The molecule has 9 heteroatoms. The predicted octanol–water partition coefficient (Wildman–Crippen LogP) is 5.02. The van der Waals surface area contributed by atoms with Crippen molar-refractivity contribution in [1.29, 1.82) is 0 Å². The van der Waals surface area contributed by atoms with Crippen LogP contribution in [0.3, 0.4) is 0 Å². The summed E-state index contributed by atoms with van der Waals surface area (Å²) in [6.45, 7) is 4.76. The molecule has 0 saturated carbocycles. The molecule has 0 bridgehead atoms. The SMILES string of the molecule is CC(F)(F)COC(=O)c1cc(I)c(OC(=O)OC(C)(C)C)c(I)c1. The molecular weight excluding hydrogens is 552 g/mol. The Labute approximate surface area is 165 Å². The molecule has 0 aromatic heterocycles. The van der Waals surface area contributed by atoms with Crippen molar-refractivity contribution in [2.75, 3.05) is 6.61 Å². The van der Waals surface area contributed by atoms with Crippen LogP contribution in [0.2, 0.25) is 0 Å². The van der Waals surface area contributed by atoms with Crippen molar-refractivity contribution in [3.8, 4) is 5.75 Å². The number of alkyl halides is 2. The van der Waals surface area contributed by atoms with Gasteiger partial charge in [0.05, 0.1) is 12.7 Å². The maximum atomic E-state index is 12.7. The zero-order chi connectivity index (χ0) is 18.7. The average molecular weight is 568 g/mol. The summed E-state index contributed by atoms with van der Waals surface area (Å²) in [5.41, 5.74) is -0.618. The number of ether oxygens (including phenoxy) is 3. The van der Waals surface area contributed by atoms with Crippen LogP contribution in [0.4, 0.5) is 13.6 Å². The molecule has 24 heavy (non-hydrogen) atoms. The Bertz CT molecular complexity index is 613. The van der Waals surface area contributed by atoms with Crippen molar-refractivity contribution >= 4 is 57.3 Å². The van der Waals surface area contributed by atoms with Gasteiger partial charge >= 0.3 is 12.1 Å². The second kappa shape index (κ2) is 8.11. The van der Waals surface area contributed by atoms with Crippen LogP contribution in [0.15, 0.2) is 12.1 Å². The molecule has 1 rings (SSSR count). The van der Waals surface area contributed by atoms with E-state index >= 15 is 0 Å². The number of halogens is 4. The fraction of sp³-hybridized carbons (Fsp3) is 0.467. The Morgan fingerprint density at radius 1 is 1.08 bits per heavy atom. The van der Waals surface area contributed by atoms with Crippen LogP contribution in [0.25, 0.3) is 0 Å². The summed E-state index contributed by atoms with van der Waals surface area (Å²) < 4.78 is 41.2. The summed E-state index contributed by atoms with van der Waals surface area (Å²) in [5.74, 6) is -3.76. The molecule has 0 heterocycles. The van der Waals surface area contributed by atoms with Crippen molar-refractivity contribution in [3.63, 3.8) is 0 Å². The molecule has 0 saturated heterocycles. The topological polar surface area (TPSA) is 61.8 Å². The average Bonchev–Trinajstić information content (AvgIpc) is 2.37. The first-order valence-electron chi connectivity index (χ1n) is 6.73. The molecule has 1 aromatic rings. The minimum absolute atomic E-state index is 0.0876. The van der Waals surface area contributed by atoms with Gasteiger partial charge in [0.15, 0.2) is 12.4 Å². The van der Waals surface area contributed by atoms with E-state index in [2.05, 4.69) is 4.74 Å². The van der Waals surface area contributed by atoms with Crippen molar-refractivity contribution < 1.29 is 32.6 Å². The molecule has 0 aliphatic heterocycles. The standard InChI is InChI=1S/C15H16F2I2O5/c1-14(2,3)24-13(21)23-11-9(18)5-8(6-10(11)19)12(20)22-7-15(4,16)17/h5-6H,7H2,1-4H3. The van der Waals surface area contributed by atoms with Crippen molar-refractivity contribution in [1.82, 2.24) is 0 Å². The van der Waals surface area contributed by atoms with E-state index in [1.165, 1.54) is 12.1 Å². The van der Waals surface area contributed by atoms with E-state index in [1.54, 1.807) is 20.8 Å². The monoisotopic (exact) mass is 568 g/mol. The summed E-state index contributed by atoms with van der Waals surface area (Å²) in [6.07, 6.45) is -0.876. The van der Waals surface area contributed by atoms with Gasteiger partial charge in [-0.05, 0) is 78.1 Å². The fourth-order valence-electron chi connectivity index (χ4n) is 1.41. The van der Waals surface area contributed by atoms with Crippen molar-refractivity contribution in [2.24, 2.45) is 0 Å². The zero-order valence-corrected chi connectivity index (χ0v) is 17.7. The first-order valence-corrected chi connectivity index (χ1v) is 8.89. The first kappa shape index (κ1) is 21.3. The number of carbonyl (C=O) groups excluding carboxylic acids is 2. The van der Waals surface area contributed by atoms with E-state index in [1.807, 2.05) is 45.2 Å². The van der Waals surface area contributed by atoms with E-state index in [0.717, 1.165) is 0 Å². The van der Waals surface area contributed by atoms with Gasteiger partial charge in [-0.15, -0.1) is 0 Å². The minimum atomic E-state index is -3.10. The first-order chi connectivity index (χ1) is 10.8. The molecule has 0 spiro atoms. The van der Waals surface area contributed by atoms with Crippen LogP contribution in [0.1, 0.15) is 38.1 Å². The van der Waals surface area contributed by atoms with Crippen LogP contribution >= 0.6 is 45.2 Å². The third-order valence-corrected chi connectivity index (χ3v) is 3.87. The van der Waals surface area contributed by atoms with Crippen LogP contribution < -0.4 is 4.74 Å². The van der Waals surface area contributed by atoms with E-state index in [4.69, 9.17) is 9.47 Å². The normalized spacial score (nSPS) is 11.8. The quantitative estimate of drug-likeness (QED) is 0.290. The zero-order valence-electron chi connectivity index (χ0n) is 13.4. The summed E-state index contributed by atoms with van der Waals surface area (Å²) in [6, 6.07) is 2.77. The van der Waals surface area contributed by atoms with Gasteiger partial charge in [0.2, 0.25) is 0 Å². The van der Waals surface area contributed by atoms with Gasteiger partial charge in [0, 0.05) is 6.92 Å². The smallest absolute Gasteiger partial charge is 0.456 e. The van der Waals surface area contributed by atoms with Crippen LogP contribution in [0.5, 0.6) is 5.75 Å². The van der Waals surface area contributed by atoms with Gasteiger partial charge in [-0.1, -0.05) is 0 Å². The largest absolute Gasteiger partial charge is 0.514 e. The van der Waals surface area contributed by atoms with Crippen molar-refractivity contribution in [3.05, 3.63) is 24.8 Å². The number of benzene rings is 1. The Morgan fingerprint density at radius 3 is 2.00 bits per heavy atom. The molecular formula is C15H16F2I2O5. The summed E-state index contributed by atoms with van der Waals surface area (Å²) in [4.78, 5) is 23.6. The van der Waals surface area contributed by atoms with Gasteiger partial charge in [-0.2, -0.15) is 0 Å². The lowest BCUT2D eigenvalue weighted by molar-refractivity contribution is -0.0467. The van der Waals surface area contributed by atoms with Gasteiger partial charge < -0.3 is 14.2 Å². The summed E-state index contributed by atoms with van der Waals surface area (Å²) in [5, 5.41) is 0. The third kappa shape index (κ3) is 7.45. The minimum Gasteiger partial charge on any atom is -0.456 e. The molecule has 0 amide bonds. The molecule has 5 nitrogen and oxygen atoms in total. The lowest BCUT2D eigenvalue weighted by atomic mass is 10.2. The molecule has 0 N–H and O–H groups in total. The highest BCUT2D eigenvalue weighted by Crippen LogP contribution is 2.30. The lowest BCUT2D eigenvalue weighted by Crippen LogP contribution is -2.26. The molecule has 0 radical (unpaired) electrons. The van der Waals surface area contributed by atoms with Crippen LogP contribution in [-0.2, 0) is 9.47 Å². The molecule has 0 fully saturated rings. The summed E-state index contributed by atoms with van der Waals surface area (Å²) >= 11 is 3.73. The number of hydrogen-bond acceptors (Lipinski definition) is 5. The predicted molar refractivity (Wildman–Crippen MR) is 99.6 cm³/mol. The maximum Gasteiger partial charge on any atom is 0.514 e. The second-order valence-electron chi connectivity index (χ2n) is 5.98. The fourth-order valence-corrected chi connectivity index (χ4v) is 3.39. The molecule has 0 aliphatic rings. The number of esters is 1. The third-order valence-electron chi connectivity index (χ3n) is 2.27. The Morgan fingerprint density at radius 2 is 1.58 bits per heavy atom. The van der Waals surface area contributed by atoms with Gasteiger partial charge in [-0.25, -0.2) is 18.4 Å². The second-order valence-corrected chi connectivity index (χ2v) is 8.31. The lowest BCUT2D eigenvalue weighted by Gasteiger charge is -2.19. The molecule has 0 atom stereocenters. The molecule has 1 aromatic carbocycles. The molecule has 0 aliphatic carbocycles. The number of carbonyl (C=O) groups is 2.